The highest BCUT2D eigenvalue weighted by molar-refractivity contribution is 5.54. The topological polar surface area (TPSA) is 64.9 Å². The first-order valence-corrected chi connectivity index (χ1v) is 6.57. The highest BCUT2D eigenvalue weighted by Gasteiger charge is 2.12. The smallest absolute Gasteiger partial charge is 0.226 e. The van der Waals surface area contributed by atoms with E-state index in [1.54, 1.807) is 0 Å². The number of hydrogen-bond acceptors (Lipinski definition) is 4. The molecular formula is C14H17F2N3O. The van der Waals surface area contributed by atoms with Crippen LogP contribution in [0.25, 0.3) is 11.4 Å². The zero-order chi connectivity index (χ0) is 14.5. The number of halogens is 2. The number of nitrogens with zero attached hydrogens (tertiary/aromatic N) is 2. The van der Waals surface area contributed by atoms with Gasteiger partial charge in [0.05, 0.1) is 0 Å². The molecule has 0 aliphatic rings. The number of rotatable bonds is 6. The van der Waals surface area contributed by atoms with Gasteiger partial charge < -0.3 is 10.3 Å². The van der Waals surface area contributed by atoms with Crippen molar-refractivity contribution < 1.29 is 13.3 Å². The van der Waals surface area contributed by atoms with Crippen LogP contribution in [0, 0.1) is 17.6 Å². The first-order chi connectivity index (χ1) is 9.58. The van der Waals surface area contributed by atoms with Crippen molar-refractivity contribution in [2.45, 2.75) is 26.2 Å². The van der Waals surface area contributed by atoms with Gasteiger partial charge in [0, 0.05) is 18.1 Å². The van der Waals surface area contributed by atoms with Gasteiger partial charge in [0.2, 0.25) is 11.7 Å². The van der Waals surface area contributed by atoms with E-state index in [9.17, 15) is 8.78 Å². The molecule has 1 unspecified atom stereocenters. The molecule has 0 radical (unpaired) electrons. The van der Waals surface area contributed by atoms with E-state index in [-0.39, 0.29) is 11.4 Å². The number of aromatic nitrogens is 2. The third kappa shape index (κ3) is 3.84. The van der Waals surface area contributed by atoms with E-state index in [2.05, 4.69) is 17.1 Å². The molecule has 108 valence electrons. The normalized spacial score (nSPS) is 12.6. The average Bonchev–Trinajstić information content (AvgIpc) is 2.84. The van der Waals surface area contributed by atoms with E-state index < -0.39 is 11.6 Å². The minimum Gasteiger partial charge on any atom is -0.339 e. The van der Waals surface area contributed by atoms with E-state index in [0.29, 0.717) is 24.8 Å². The van der Waals surface area contributed by atoms with E-state index >= 15 is 0 Å². The van der Waals surface area contributed by atoms with Gasteiger partial charge in [-0.05, 0) is 37.4 Å². The van der Waals surface area contributed by atoms with Crippen LogP contribution in [0.15, 0.2) is 22.7 Å². The van der Waals surface area contributed by atoms with Gasteiger partial charge in [-0.15, -0.1) is 0 Å². The van der Waals surface area contributed by atoms with Gasteiger partial charge in [-0.1, -0.05) is 12.1 Å². The lowest BCUT2D eigenvalue weighted by atomic mass is 10.0. The second-order valence-corrected chi connectivity index (χ2v) is 4.89. The Bertz CT molecular complexity index is 551. The molecule has 1 heterocycles. The van der Waals surface area contributed by atoms with Gasteiger partial charge in [-0.2, -0.15) is 4.98 Å². The molecule has 0 fully saturated rings. The summed E-state index contributed by atoms with van der Waals surface area (Å²) in [6, 6.07) is 3.16. The largest absolute Gasteiger partial charge is 0.339 e. The second-order valence-electron chi connectivity index (χ2n) is 4.89. The summed E-state index contributed by atoms with van der Waals surface area (Å²) in [6.45, 7) is 2.75. The van der Waals surface area contributed by atoms with Crippen LogP contribution in [-0.2, 0) is 6.42 Å². The van der Waals surface area contributed by atoms with Crippen molar-refractivity contribution in [2.75, 3.05) is 6.54 Å². The molecule has 2 N–H and O–H groups in total. The van der Waals surface area contributed by atoms with Gasteiger partial charge in [0.15, 0.2) is 0 Å². The molecule has 0 saturated carbocycles. The summed E-state index contributed by atoms with van der Waals surface area (Å²) < 4.78 is 31.3. The Hall–Kier alpha value is -1.82. The van der Waals surface area contributed by atoms with Gasteiger partial charge in [0.25, 0.3) is 0 Å². The highest BCUT2D eigenvalue weighted by atomic mass is 19.1. The number of nitrogens with two attached hydrogens (primary N) is 1. The molecule has 2 rings (SSSR count). The minimum atomic E-state index is -0.664. The molecule has 0 saturated heterocycles. The van der Waals surface area contributed by atoms with Crippen molar-refractivity contribution in [2.24, 2.45) is 11.7 Å². The number of benzene rings is 1. The molecule has 0 bridgehead atoms. The Balaban J connectivity index is 2.05. The monoisotopic (exact) mass is 281 g/mol. The predicted octanol–water partition coefficient (Wildman–Crippen LogP) is 2.93. The van der Waals surface area contributed by atoms with E-state index in [1.165, 1.54) is 12.1 Å². The third-order valence-corrected chi connectivity index (χ3v) is 3.10. The lowest BCUT2D eigenvalue weighted by Gasteiger charge is -2.06. The standard InChI is InChI=1S/C14H17F2N3O/c1-9(4-5-17)2-3-13-18-14(19-20-13)10-6-11(15)8-12(16)7-10/h6-9H,2-5,17H2,1H3. The van der Waals surface area contributed by atoms with Crippen LogP contribution in [0.2, 0.25) is 0 Å². The third-order valence-electron chi connectivity index (χ3n) is 3.10. The summed E-state index contributed by atoms with van der Waals surface area (Å²) in [5.74, 6) is -0.189. The fourth-order valence-corrected chi connectivity index (χ4v) is 1.96. The molecule has 1 aromatic carbocycles. The van der Waals surface area contributed by atoms with Crippen LogP contribution in [-0.4, -0.2) is 16.7 Å². The minimum absolute atomic E-state index is 0.199. The van der Waals surface area contributed by atoms with Crippen LogP contribution in [0.5, 0.6) is 0 Å². The first-order valence-electron chi connectivity index (χ1n) is 6.57. The second kappa shape index (κ2) is 6.56. The molecule has 4 nitrogen and oxygen atoms in total. The molecule has 0 aliphatic heterocycles. The highest BCUT2D eigenvalue weighted by Crippen LogP contribution is 2.20. The Morgan fingerprint density at radius 1 is 1.20 bits per heavy atom. The number of hydrogen-bond donors (Lipinski definition) is 1. The van der Waals surface area contributed by atoms with Crippen LogP contribution in [0.4, 0.5) is 8.78 Å². The molecule has 20 heavy (non-hydrogen) atoms. The van der Waals surface area contributed by atoms with Crippen molar-refractivity contribution in [1.29, 1.82) is 0 Å². The summed E-state index contributed by atoms with van der Waals surface area (Å²) in [5.41, 5.74) is 5.76. The fraction of sp³-hybridized carbons (Fsp3) is 0.429. The van der Waals surface area contributed by atoms with Crippen molar-refractivity contribution in [3.8, 4) is 11.4 Å². The molecule has 1 aromatic heterocycles. The maximum Gasteiger partial charge on any atom is 0.226 e. The summed E-state index contributed by atoms with van der Waals surface area (Å²) >= 11 is 0. The lowest BCUT2D eigenvalue weighted by molar-refractivity contribution is 0.362. The van der Waals surface area contributed by atoms with Gasteiger partial charge in [-0.3, -0.25) is 0 Å². The Morgan fingerprint density at radius 2 is 1.90 bits per heavy atom. The summed E-state index contributed by atoms with van der Waals surface area (Å²) in [7, 11) is 0. The van der Waals surface area contributed by atoms with Gasteiger partial charge >= 0.3 is 0 Å². The van der Waals surface area contributed by atoms with E-state index in [1.807, 2.05) is 0 Å². The van der Waals surface area contributed by atoms with Crippen molar-refractivity contribution >= 4 is 0 Å². The molecule has 0 aliphatic carbocycles. The van der Waals surface area contributed by atoms with Crippen molar-refractivity contribution in [1.82, 2.24) is 10.1 Å². The van der Waals surface area contributed by atoms with Crippen LogP contribution in [0.1, 0.15) is 25.7 Å². The Morgan fingerprint density at radius 3 is 2.55 bits per heavy atom. The molecular weight excluding hydrogens is 264 g/mol. The Kier molecular flexibility index (Phi) is 4.79. The molecule has 6 heteroatoms. The van der Waals surface area contributed by atoms with Crippen molar-refractivity contribution in [3.63, 3.8) is 0 Å². The summed E-state index contributed by atoms with van der Waals surface area (Å²) in [5, 5.41) is 3.75. The van der Waals surface area contributed by atoms with E-state index in [4.69, 9.17) is 10.3 Å². The Labute approximate surface area is 116 Å². The molecule has 0 amide bonds. The lowest BCUT2D eigenvalue weighted by Crippen LogP contribution is -2.06. The van der Waals surface area contributed by atoms with Crippen LogP contribution >= 0.6 is 0 Å². The van der Waals surface area contributed by atoms with Gasteiger partial charge in [0.1, 0.15) is 11.6 Å². The maximum atomic E-state index is 13.1. The maximum absolute atomic E-state index is 13.1. The zero-order valence-corrected chi connectivity index (χ0v) is 11.3. The SMILES string of the molecule is CC(CCN)CCc1nc(-c2cc(F)cc(F)c2)no1. The number of aryl methyl sites for hydroxylation is 1. The average molecular weight is 281 g/mol. The van der Waals surface area contributed by atoms with Gasteiger partial charge in [-0.25, -0.2) is 8.78 Å². The van der Waals surface area contributed by atoms with Crippen molar-refractivity contribution in [3.05, 3.63) is 35.7 Å². The van der Waals surface area contributed by atoms with Crippen LogP contribution < -0.4 is 5.73 Å². The fourth-order valence-electron chi connectivity index (χ4n) is 1.96. The zero-order valence-electron chi connectivity index (χ0n) is 11.3. The molecule has 0 spiro atoms. The molecule has 1 atom stereocenters. The quantitative estimate of drug-likeness (QED) is 0.884. The van der Waals surface area contributed by atoms with E-state index in [0.717, 1.165) is 18.9 Å². The molecule has 2 aromatic rings. The summed E-state index contributed by atoms with van der Waals surface area (Å²) in [4.78, 5) is 4.15. The van der Waals surface area contributed by atoms with Crippen LogP contribution in [0.3, 0.4) is 0 Å². The first kappa shape index (κ1) is 14.6. The predicted molar refractivity (Wildman–Crippen MR) is 70.8 cm³/mol. The summed E-state index contributed by atoms with van der Waals surface area (Å²) in [6.07, 6.45) is 2.46.